The summed E-state index contributed by atoms with van der Waals surface area (Å²) in [5, 5.41) is 16.2. The van der Waals surface area contributed by atoms with Crippen molar-refractivity contribution < 1.29 is 4.42 Å². The summed E-state index contributed by atoms with van der Waals surface area (Å²) >= 11 is 3.19. The SMILES string of the molecule is Cn1nnc(C#N)c1-c1ccc(Br)o1. The van der Waals surface area contributed by atoms with Crippen LogP contribution < -0.4 is 0 Å². The summed E-state index contributed by atoms with van der Waals surface area (Å²) in [5.74, 6) is 0.570. The number of nitrogens with zero attached hydrogens (tertiary/aromatic N) is 4. The van der Waals surface area contributed by atoms with Gasteiger partial charge in [-0.2, -0.15) is 5.26 Å². The number of aromatic nitrogens is 3. The molecular weight excluding hydrogens is 248 g/mol. The smallest absolute Gasteiger partial charge is 0.193 e. The van der Waals surface area contributed by atoms with E-state index in [0.717, 1.165) is 0 Å². The van der Waals surface area contributed by atoms with Gasteiger partial charge in [-0.1, -0.05) is 5.21 Å². The minimum atomic E-state index is 0.259. The maximum absolute atomic E-state index is 8.78. The maximum atomic E-state index is 8.78. The molecule has 0 radical (unpaired) electrons. The molecule has 0 aromatic carbocycles. The second kappa shape index (κ2) is 3.27. The Morgan fingerprint density at radius 1 is 1.57 bits per heavy atom. The van der Waals surface area contributed by atoms with Crippen LogP contribution in [-0.2, 0) is 7.05 Å². The second-order valence-electron chi connectivity index (χ2n) is 2.63. The van der Waals surface area contributed by atoms with Crippen molar-refractivity contribution in [1.82, 2.24) is 15.0 Å². The van der Waals surface area contributed by atoms with Crippen molar-refractivity contribution >= 4 is 15.9 Å². The molecule has 6 heteroatoms. The van der Waals surface area contributed by atoms with Crippen molar-refractivity contribution in [2.45, 2.75) is 0 Å². The Balaban J connectivity index is 2.61. The third kappa shape index (κ3) is 1.32. The largest absolute Gasteiger partial charge is 0.448 e. The average Bonchev–Trinajstić information content (AvgIpc) is 2.71. The van der Waals surface area contributed by atoms with Gasteiger partial charge in [0, 0.05) is 7.05 Å². The van der Waals surface area contributed by atoms with Crippen LogP contribution in [0, 0.1) is 11.3 Å². The normalized spacial score (nSPS) is 10.1. The van der Waals surface area contributed by atoms with Crippen molar-refractivity contribution in [2.24, 2.45) is 7.05 Å². The van der Waals surface area contributed by atoms with Gasteiger partial charge in [-0.3, -0.25) is 0 Å². The van der Waals surface area contributed by atoms with Gasteiger partial charge in [0.15, 0.2) is 16.1 Å². The van der Waals surface area contributed by atoms with Gasteiger partial charge in [0.2, 0.25) is 0 Å². The minimum Gasteiger partial charge on any atom is -0.448 e. The highest BCUT2D eigenvalue weighted by Gasteiger charge is 2.15. The Morgan fingerprint density at radius 3 is 2.93 bits per heavy atom. The molecule has 0 spiro atoms. The molecule has 2 heterocycles. The Bertz CT molecular complexity index is 508. The Morgan fingerprint density at radius 2 is 2.36 bits per heavy atom. The van der Waals surface area contributed by atoms with Gasteiger partial charge in [-0.25, -0.2) is 4.68 Å². The Hall–Kier alpha value is -1.61. The van der Waals surface area contributed by atoms with Crippen LogP contribution in [0.4, 0.5) is 0 Å². The minimum absolute atomic E-state index is 0.259. The molecule has 0 N–H and O–H groups in total. The number of hydrogen-bond donors (Lipinski definition) is 0. The van der Waals surface area contributed by atoms with Crippen molar-refractivity contribution in [3.63, 3.8) is 0 Å². The van der Waals surface area contributed by atoms with Crippen molar-refractivity contribution in [2.75, 3.05) is 0 Å². The molecule has 0 bridgehead atoms. The third-order valence-electron chi connectivity index (χ3n) is 1.74. The molecule has 0 atom stereocenters. The van der Waals surface area contributed by atoms with Gasteiger partial charge in [0.25, 0.3) is 0 Å². The van der Waals surface area contributed by atoms with E-state index in [9.17, 15) is 0 Å². The van der Waals surface area contributed by atoms with E-state index in [4.69, 9.17) is 9.68 Å². The van der Waals surface area contributed by atoms with E-state index in [0.29, 0.717) is 16.1 Å². The second-order valence-corrected chi connectivity index (χ2v) is 3.41. The first-order chi connectivity index (χ1) is 6.72. The summed E-state index contributed by atoms with van der Waals surface area (Å²) in [5.41, 5.74) is 0.840. The van der Waals surface area contributed by atoms with Gasteiger partial charge in [0.1, 0.15) is 11.8 Å². The van der Waals surface area contributed by atoms with Crippen LogP contribution in [0.2, 0.25) is 0 Å². The molecule has 0 aliphatic rings. The number of rotatable bonds is 1. The lowest BCUT2D eigenvalue weighted by Crippen LogP contribution is -1.93. The topological polar surface area (TPSA) is 67.6 Å². The predicted octanol–water partition coefficient (Wildman–Crippen LogP) is 1.71. The van der Waals surface area contributed by atoms with Crippen molar-refractivity contribution in [1.29, 1.82) is 5.26 Å². The lowest BCUT2D eigenvalue weighted by Gasteiger charge is -1.94. The lowest BCUT2D eigenvalue weighted by molar-refractivity contribution is 0.547. The van der Waals surface area contributed by atoms with E-state index in [1.54, 1.807) is 19.2 Å². The molecule has 0 amide bonds. The molecule has 0 fully saturated rings. The van der Waals surface area contributed by atoms with Gasteiger partial charge >= 0.3 is 0 Å². The standard InChI is InChI=1S/C8H5BrN4O/c1-13-8(5(4-10)11-12-13)6-2-3-7(9)14-6/h2-3H,1H3. The molecule has 14 heavy (non-hydrogen) atoms. The van der Waals surface area contributed by atoms with Crippen LogP contribution in [0.25, 0.3) is 11.5 Å². The number of furan rings is 1. The molecule has 0 aliphatic heterocycles. The third-order valence-corrected chi connectivity index (χ3v) is 2.17. The van der Waals surface area contributed by atoms with Crippen LogP contribution in [0.5, 0.6) is 0 Å². The zero-order valence-corrected chi connectivity index (χ0v) is 8.82. The van der Waals surface area contributed by atoms with E-state index in [1.165, 1.54) is 4.68 Å². The molecule has 0 aliphatic carbocycles. The first-order valence-corrected chi connectivity index (χ1v) is 4.57. The first kappa shape index (κ1) is 8.97. The fourth-order valence-electron chi connectivity index (χ4n) is 1.15. The van der Waals surface area contributed by atoms with Gasteiger partial charge in [0.05, 0.1) is 0 Å². The van der Waals surface area contributed by atoms with E-state index >= 15 is 0 Å². The monoisotopic (exact) mass is 252 g/mol. The molecule has 2 aromatic rings. The van der Waals surface area contributed by atoms with Gasteiger partial charge < -0.3 is 4.42 Å². The average molecular weight is 253 g/mol. The molecule has 0 saturated carbocycles. The molecule has 70 valence electrons. The molecule has 0 unspecified atom stereocenters. The quantitative estimate of drug-likeness (QED) is 0.775. The fraction of sp³-hybridized carbons (Fsp3) is 0.125. The van der Waals surface area contributed by atoms with Crippen LogP contribution in [0.3, 0.4) is 0 Å². The summed E-state index contributed by atoms with van der Waals surface area (Å²) in [6.07, 6.45) is 0. The first-order valence-electron chi connectivity index (χ1n) is 3.78. The summed E-state index contributed by atoms with van der Waals surface area (Å²) in [4.78, 5) is 0. The Kier molecular flexibility index (Phi) is 2.09. The van der Waals surface area contributed by atoms with E-state index < -0.39 is 0 Å². The van der Waals surface area contributed by atoms with Gasteiger partial charge in [-0.05, 0) is 28.1 Å². The molecule has 2 rings (SSSR count). The van der Waals surface area contributed by atoms with E-state index in [-0.39, 0.29) is 5.69 Å². The highest BCUT2D eigenvalue weighted by atomic mass is 79.9. The summed E-state index contributed by atoms with van der Waals surface area (Å²) < 4.78 is 7.43. The van der Waals surface area contributed by atoms with Crippen molar-refractivity contribution in [3.8, 4) is 17.5 Å². The molecular formula is C8H5BrN4O. The van der Waals surface area contributed by atoms with Crippen LogP contribution in [0.1, 0.15) is 5.69 Å². The highest BCUT2D eigenvalue weighted by Crippen LogP contribution is 2.25. The zero-order chi connectivity index (χ0) is 10.1. The zero-order valence-electron chi connectivity index (χ0n) is 7.23. The molecule has 0 saturated heterocycles. The van der Waals surface area contributed by atoms with E-state index in [1.807, 2.05) is 6.07 Å². The van der Waals surface area contributed by atoms with Crippen LogP contribution >= 0.6 is 15.9 Å². The summed E-state index contributed by atoms with van der Waals surface area (Å²) in [6, 6.07) is 5.46. The fourth-order valence-corrected chi connectivity index (χ4v) is 1.46. The number of aryl methyl sites for hydroxylation is 1. The van der Waals surface area contributed by atoms with Crippen LogP contribution in [-0.4, -0.2) is 15.0 Å². The lowest BCUT2D eigenvalue weighted by atomic mass is 10.3. The number of nitriles is 1. The molecule has 5 nitrogen and oxygen atoms in total. The van der Waals surface area contributed by atoms with E-state index in [2.05, 4.69) is 26.2 Å². The highest BCUT2D eigenvalue weighted by molar-refractivity contribution is 9.10. The Labute approximate surface area is 88.1 Å². The maximum Gasteiger partial charge on any atom is 0.193 e. The van der Waals surface area contributed by atoms with Crippen LogP contribution in [0.15, 0.2) is 21.2 Å². The van der Waals surface area contributed by atoms with Gasteiger partial charge in [-0.15, -0.1) is 5.10 Å². The summed E-state index contributed by atoms with van der Waals surface area (Å²) in [6.45, 7) is 0. The molecule has 2 aromatic heterocycles. The number of halogens is 1. The predicted molar refractivity (Wildman–Crippen MR) is 51.1 cm³/mol. The van der Waals surface area contributed by atoms with Crippen molar-refractivity contribution in [3.05, 3.63) is 22.5 Å². The summed E-state index contributed by atoms with van der Waals surface area (Å²) in [7, 11) is 1.71. The number of hydrogen-bond acceptors (Lipinski definition) is 4.